The normalized spacial score (nSPS) is 22.0. The first-order valence-electron chi connectivity index (χ1n) is 2.14. The number of amidine groups is 1. The minimum atomic E-state index is 0.257. The van der Waals surface area contributed by atoms with Gasteiger partial charge in [-0.1, -0.05) is 0 Å². The lowest BCUT2D eigenvalue weighted by atomic mass is 10.3. The van der Waals surface area contributed by atoms with E-state index in [2.05, 4.69) is 10.5 Å². The van der Waals surface area contributed by atoms with E-state index in [0.717, 1.165) is 0 Å². The second kappa shape index (κ2) is 1.65. The molecular weight excluding hydrogens is 104 g/mol. The van der Waals surface area contributed by atoms with E-state index in [9.17, 15) is 0 Å². The van der Waals surface area contributed by atoms with E-state index in [-0.39, 0.29) is 5.84 Å². The Bertz CT molecular complexity index is 167. The summed E-state index contributed by atoms with van der Waals surface area (Å²) < 4.78 is 0. The average molecular weight is 110 g/mol. The molecule has 0 radical (unpaired) electrons. The van der Waals surface area contributed by atoms with Gasteiger partial charge in [-0.25, -0.2) is 0 Å². The molecule has 0 saturated carbocycles. The Balaban J connectivity index is 2.82. The van der Waals surface area contributed by atoms with Crippen molar-refractivity contribution < 1.29 is 0 Å². The van der Waals surface area contributed by atoms with Crippen LogP contribution in [0.15, 0.2) is 16.9 Å². The van der Waals surface area contributed by atoms with Crippen molar-refractivity contribution in [2.24, 2.45) is 10.8 Å². The first-order valence-corrected chi connectivity index (χ1v) is 2.14. The van der Waals surface area contributed by atoms with E-state index in [0.29, 0.717) is 5.57 Å². The second-order valence-electron chi connectivity index (χ2n) is 1.37. The van der Waals surface area contributed by atoms with Crippen molar-refractivity contribution >= 4 is 12.1 Å². The predicted octanol–water partition coefficient (Wildman–Crippen LogP) is -0.605. The molecule has 8 heavy (non-hydrogen) atoms. The van der Waals surface area contributed by atoms with Crippen LogP contribution in [0.3, 0.4) is 0 Å². The van der Waals surface area contributed by atoms with Crippen molar-refractivity contribution in [3.63, 3.8) is 0 Å². The highest BCUT2D eigenvalue weighted by Crippen LogP contribution is 1.92. The van der Waals surface area contributed by atoms with Crippen LogP contribution < -0.4 is 11.2 Å². The van der Waals surface area contributed by atoms with E-state index in [1.807, 2.05) is 0 Å². The SMILES string of the molecule is N=C1NN=C/C1=C/N. The Kier molecular flexibility index (Phi) is 0.997. The van der Waals surface area contributed by atoms with Crippen molar-refractivity contribution in [2.75, 3.05) is 0 Å². The van der Waals surface area contributed by atoms with Crippen molar-refractivity contribution in [1.82, 2.24) is 5.43 Å². The number of hydrazone groups is 1. The monoisotopic (exact) mass is 110 g/mol. The van der Waals surface area contributed by atoms with Gasteiger partial charge in [-0.15, -0.1) is 0 Å². The summed E-state index contributed by atoms with van der Waals surface area (Å²) in [7, 11) is 0. The smallest absolute Gasteiger partial charge is 0.149 e. The second-order valence-corrected chi connectivity index (χ2v) is 1.37. The Labute approximate surface area is 46.6 Å². The van der Waals surface area contributed by atoms with Crippen molar-refractivity contribution in [2.45, 2.75) is 0 Å². The molecule has 0 aromatic heterocycles. The molecule has 0 bridgehead atoms. The molecule has 4 heteroatoms. The first-order chi connectivity index (χ1) is 3.84. The molecule has 4 nitrogen and oxygen atoms in total. The van der Waals surface area contributed by atoms with Gasteiger partial charge in [0.1, 0.15) is 5.84 Å². The molecule has 1 aliphatic rings. The highest BCUT2D eigenvalue weighted by molar-refractivity contribution is 6.16. The molecule has 0 saturated heterocycles. The van der Waals surface area contributed by atoms with Gasteiger partial charge in [0.25, 0.3) is 0 Å². The van der Waals surface area contributed by atoms with Crippen molar-refractivity contribution in [3.05, 3.63) is 11.8 Å². The summed E-state index contributed by atoms with van der Waals surface area (Å²) in [6.45, 7) is 0. The van der Waals surface area contributed by atoms with Crippen LogP contribution in [0.25, 0.3) is 0 Å². The van der Waals surface area contributed by atoms with Crippen molar-refractivity contribution in [1.29, 1.82) is 5.41 Å². The van der Waals surface area contributed by atoms with Crippen LogP contribution in [0.5, 0.6) is 0 Å². The lowest BCUT2D eigenvalue weighted by molar-refractivity contribution is 1.05. The molecular formula is C4H6N4. The fraction of sp³-hybridized carbons (Fsp3) is 0. The Morgan fingerprint density at radius 3 is 2.88 bits per heavy atom. The number of nitrogens with zero attached hydrogens (tertiary/aromatic N) is 1. The quantitative estimate of drug-likeness (QED) is 0.389. The van der Waals surface area contributed by atoms with Gasteiger partial charge >= 0.3 is 0 Å². The van der Waals surface area contributed by atoms with Crippen LogP contribution in [0, 0.1) is 5.41 Å². The Morgan fingerprint density at radius 1 is 1.88 bits per heavy atom. The summed E-state index contributed by atoms with van der Waals surface area (Å²) in [6.07, 6.45) is 2.84. The number of hydrogen-bond acceptors (Lipinski definition) is 3. The van der Waals surface area contributed by atoms with E-state index in [1.165, 1.54) is 12.4 Å². The molecule has 0 amide bonds. The summed E-state index contributed by atoms with van der Waals surface area (Å²) in [5.41, 5.74) is 8.14. The molecule has 0 spiro atoms. The average Bonchev–Trinajstić information content (AvgIpc) is 2.14. The maximum Gasteiger partial charge on any atom is 0.149 e. The van der Waals surface area contributed by atoms with Crippen molar-refractivity contribution in [3.8, 4) is 0 Å². The third kappa shape index (κ3) is 0.556. The van der Waals surface area contributed by atoms with Gasteiger partial charge in [0, 0.05) is 6.20 Å². The largest absolute Gasteiger partial charge is 0.404 e. The molecule has 0 aliphatic carbocycles. The summed E-state index contributed by atoms with van der Waals surface area (Å²) in [4.78, 5) is 0. The summed E-state index contributed by atoms with van der Waals surface area (Å²) >= 11 is 0. The van der Waals surface area contributed by atoms with Gasteiger partial charge in [-0.2, -0.15) is 5.10 Å². The molecule has 4 N–H and O–H groups in total. The number of nitrogens with two attached hydrogens (primary N) is 1. The maximum atomic E-state index is 7.02. The Morgan fingerprint density at radius 2 is 2.62 bits per heavy atom. The van der Waals surface area contributed by atoms with Crippen LogP contribution >= 0.6 is 0 Å². The van der Waals surface area contributed by atoms with Crippen LogP contribution in [0.2, 0.25) is 0 Å². The summed E-state index contributed by atoms with van der Waals surface area (Å²) in [6, 6.07) is 0. The molecule has 42 valence electrons. The van der Waals surface area contributed by atoms with Crippen LogP contribution in [-0.2, 0) is 0 Å². The van der Waals surface area contributed by atoms with Gasteiger partial charge in [0.05, 0.1) is 11.8 Å². The van der Waals surface area contributed by atoms with E-state index in [1.54, 1.807) is 0 Å². The fourth-order valence-electron chi connectivity index (χ4n) is 0.422. The van der Waals surface area contributed by atoms with Gasteiger partial charge in [-0.3, -0.25) is 10.8 Å². The van der Waals surface area contributed by atoms with Gasteiger partial charge < -0.3 is 5.73 Å². The van der Waals surface area contributed by atoms with Gasteiger partial charge in [-0.05, 0) is 0 Å². The molecule has 0 aromatic rings. The minimum Gasteiger partial charge on any atom is -0.404 e. The highest BCUT2D eigenvalue weighted by Gasteiger charge is 2.04. The lowest BCUT2D eigenvalue weighted by Crippen LogP contribution is -2.11. The predicted molar refractivity (Wildman–Crippen MR) is 31.6 cm³/mol. The van der Waals surface area contributed by atoms with Crippen LogP contribution in [0.4, 0.5) is 0 Å². The third-order valence-corrected chi connectivity index (χ3v) is 0.848. The van der Waals surface area contributed by atoms with Crippen LogP contribution in [0.1, 0.15) is 0 Å². The maximum absolute atomic E-state index is 7.02. The summed E-state index contributed by atoms with van der Waals surface area (Å²) in [5.74, 6) is 0.257. The Hall–Kier alpha value is -1.32. The zero-order chi connectivity index (χ0) is 5.98. The molecule has 1 heterocycles. The van der Waals surface area contributed by atoms with E-state index >= 15 is 0 Å². The zero-order valence-electron chi connectivity index (χ0n) is 4.18. The molecule has 1 rings (SSSR count). The minimum absolute atomic E-state index is 0.257. The topological polar surface area (TPSA) is 74.3 Å². The first kappa shape index (κ1) is 4.83. The lowest BCUT2D eigenvalue weighted by Gasteiger charge is -1.88. The molecule has 0 atom stereocenters. The molecule has 0 fully saturated rings. The number of nitrogens with one attached hydrogen (secondary N) is 2. The summed E-state index contributed by atoms with van der Waals surface area (Å²) in [5, 5.41) is 10.6. The van der Waals surface area contributed by atoms with E-state index < -0.39 is 0 Å². The van der Waals surface area contributed by atoms with Gasteiger partial charge in [0.15, 0.2) is 0 Å². The third-order valence-electron chi connectivity index (χ3n) is 0.848. The fourth-order valence-corrected chi connectivity index (χ4v) is 0.422. The molecule has 0 unspecified atom stereocenters. The molecule has 0 aromatic carbocycles. The van der Waals surface area contributed by atoms with E-state index in [4.69, 9.17) is 11.1 Å². The highest BCUT2D eigenvalue weighted by atomic mass is 15.3. The number of hydrogen-bond donors (Lipinski definition) is 3. The zero-order valence-corrected chi connectivity index (χ0v) is 4.18. The molecule has 1 aliphatic heterocycles. The standard InChI is InChI=1S/C4H6N4/c5-1-3-2-7-8-4(3)6/h1-2H,5H2,(H2,6,8)/b3-1-. The number of rotatable bonds is 0. The van der Waals surface area contributed by atoms with Crippen LogP contribution in [-0.4, -0.2) is 12.1 Å². The van der Waals surface area contributed by atoms with Gasteiger partial charge in [0.2, 0.25) is 0 Å².